The third kappa shape index (κ3) is 1.38. The topological polar surface area (TPSA) is 69.5 Å². The molecule has 0 aliphatic carbocycles. The molecule has 0 N–H and O–H groups in total. The average molecular weight is 263 g/mol. The van der Waals surface area contributed by atoms with Gasteiger partial charge in [-0.2, -0.15) is 0 Å². The number of aryl methyl sites for hydroxylation is 1. The van der Waals surface area contributed by atoms with E-state index in [2.05, 4.69) is 33.0 Å². The summed E-state index contributed by atoms with van der Waals surface area (Å²) < 4.78 is 1.82. The molecule has 3 aromatic rings. The Hall–Kier alpha value is -2.76. The van der Waals surface area contributed by atoms with E-state index in [1.165, 1.54) is 0 Å². The van der Waals surface area contributed by atoms with Crippen LogP contribution in [0.25, 0.3) is 16.7 Å². The van der Waals surface area contributed by atoms with E-state index in [1.54, 1.807) is 0 Å². The van der Waals surface area contributed by atoms with Crippen molar-refractivity contribution in [2.45, 2.75) is 13.8 Å². The van der Waals surface area contributed by atoms with Crippen molar-refractivity contribution in [2.24, 2.45) is 10.3 Å². The zero-order valence-electron chi connectivity index (χ0n) is 11.1. The summed E-state index contributed by atoms with van der Waals surface area (Å²) in [5, 5.41) is 16.4. The first-order chi connectivity index (χ1) is 9.75. The molecule has 0 unspecified atom stereocenters. The summed E-state index contributed by atoms with van der Waals surface area (Å²) in [5.74, 6) is 0. The van der Waals surface area contributed by atoms with Gasteiger partial charge in [0.05, 0.1) is 5.52 Å². The lowest BCUT2D eigenvalue weighted by Gasteiger charge is -2.11. The second-order valence-corrected chi connectivity index (χ2v) is 4.81. The minimum atomic E-state index is 0.753. The smallest absolute Gasteiger partial charge is 0.141 e. The van der Waals surface area contributed by atoms with Crippen LogP contribution < -0.4 is 5.43 Å². The predicted molar refractivity (Wildman–Crippen MR) is 74.6 cm³/mol. The molecular formula is C14H11N6. The first-order valence-corrected chi connectivity index (χ1v) is 6.32. The molecule has 1 aliphatic rings. The molecule has 2 aromatic carbocycles. The lowest BCUT2D eigenvalue weighted by atomic mass is 10.0. The molecule has 0 spiro atoms. The molecule has 2 heterocycles. The Morgan fingerprint density at radius 2 is 1.95 bits per heavy atom. The van der Waals surface area contributed by atoms with Crippen molar-refractivity contribution in [3.05, 3.63) is 41.5 Å². The van der Waals surface area contributed by atoms with E-state index in [9.17, 15) is 0 Å². The molecule has 20 heavy (non-hydrogen) atoms. The minimum absolute atomic E-state index is 0.753. The third-order valence-electron chi connectivity index (χ3n) is 3.63. The van der Waals surface area contributed by atoms with E-state index in [0.29, 0.717) is 0 Å². The van der Waals surface area contributed by atoms with Gasteiger partial charge in [0.1, 0.15) is 22.6 Å². The highest BCUT2D eigenvalue weighted by Gasteiger charge is 2.22. The van der Waals surface area contributed by atoms with E-state index < -0.39 is 0 Å². The maximum absolute atomic E-state index is 4.27. The zero-order chi connectivity index (χ0) is 13.7. The van der Waals surface area contributed by atoms with Gasteiger partial charge in [-0.1, -0.05) is 17.3 Å². The van der Waals surface area contributed by atoms with Gasteiger partial charge in [-0.05, 0) is 48.4 Å². The van der Waals surface area contributed by atoms with Gasteiger partial charge in [-0.15, -0.1) is 15.6 Å². The Labute approximate surface area is 115 Å². The molecule has 0 amide bonds. The fraction of sp³-hybridized carbons (Fsp3) is 0.143. The van der Waals surface area contributed by atoms with Gasteiger partial charge < -0.3 is 0 Å². The average Bonchev–Trinajstić information content (AvgIpc) is 3.07. The molecule has 0 bridgehead atoms. The molecule has 0 saturated carbocycles. The molecule has 1 radical (unpaired) electrons. The summed E-state index contributed by atoms with van der Waals surface area (Å²) in [5.41, 5.74) is 10.5. The second-order valence-electron chi connectivity index (χ2n) is 4.81. The molecule has 6 nitrogen and oxygen atoms in total. The van der Waals surface area contributed by atoms with Crippen molar-refractivity contribution in [3.8, 4) is 5.69 Å². The van der Waals surface area contributed by atoms with E-state index in [0.717, 1.165) is 39.2 Å². The van der Waals surface area contributed by atoms with Crippen molar-refractivity contribution >= 4 is 22.4 Å². The van der Waals surface area contributed by atoms with Gasteiger partial charge in [0.25, 0.3) is 0 Å². The molecule has 6 heteroatoms. The zero-order valence-corrected chi connectivity index (χ0v) is 11.1. The van der Waals surface area contributed by atoms with Crippen LogP contribution in [-0.2, 0) is 0 Å². The summed E-state index contributed by atoms with van der Waals surface area (Å²) >= 11 is 0. The van der Waals surface area contributed by atoms with Crippen molar-refractivity contribution < 1.29 is 0 Å². The van der Waals surface area contributed by atoms with Gasteiger partial charge >= 0.3 is 0 Å². The van der Waals surface area contributed by atoms with Crippen LogP contribution in [0.1, 0.15) is 11.1 Å². The maximum atomic E-state index is 4.27. The van der Waals surface area contributed by atoms with Crippen LogP contribution in [0.3, 0.4) is 0 Å². The first-order valence-electron chi connectivity index (χ1n) is 6.32. The van der Waals surface area contributed by atoms with Crippen LogP contribution in [0.5, 0.6) is 0 Å². The quantitative estimate of drug-likeness (QED) is 0.676. The predicted octanol–water partition coefficient (Wildman–Crippen LogP) is 3.29. The van der Waals surface area contributed by atoms with Gasteiger partial charge in [0, 0.05) is 0 Å². The van der Waals surface area contributed by atoms with Crippen molar-refractivity contribution in [3.63, 3.8) is 0 Å². The maximum Gasteiger partial charge on any atom is 0.141 e. The molecule has 1 aliphatic heterocycles. The number of hydrogen-bond acceptors (Lipinski definition) is 4. The largest absolute Gasteiger partial charge is 0.210 e. The number of nitrogens with zero attached hydrogens (tertiary/aromatic N) is 6. The Morgan fingerprint density at radius 3 is 2.85 bits per heavy atom. The highest BCUT2D eigenvalue weighted by Crippen LogP contribution is 2.40. The lowest BCUT2D eigenvalue weighted by molar-refractivity contribution is 0.818. The standard InChI is InChI=1S/C14H11N6/c1-8-7-11-13(17-18-15-11)14(9(8)2)20-12-6-4-3-5-10(12)16-19-20/h3-7H,1-2H3. The fourth-order valence-electron chi connectivity index (χ4n) is 2.45. The SMILES string of the molecule is Cc1cc2c(c(-n3nnc4ccccc43)c1C)N=N[N]2. The Bertz CT molecular complexity index is 861. The number of aromatic nitrogens is 3. The van der Waals surface area contributed by atoms with Crippen LogP contribution in [0.4, 0.5) is 11.4 Å². The molecule has 4 rings (SSSR count). The number of benzene rings is 2. The summed E-state index contributed by atoms with van der Waals surface area (Å²) in [6.45, 7) is 4.10. The van der Waals surface area contributed by atoms with Gasteiger partial charge in [0.2, 0.25) is 0 Å². The fourth-order valence-corrected chi connectivity index (χ4v) is 2.45. The summed E-state index contributed by atoms with van der Waals surface area (Å²) in [6, 6.07) is 9.85. The molecular weight excluding hydrogens is 252 g/mol. The molecule has 0 saturated heterocycles. The summed E-state index contributed by atoms with van der Waals surface area (Å²) in [4.78, 5) is 0. The van der Waals surface area contributed by atoms with E-state index in [1.807, 2.05) is 41.9 Å². The van der Waals surface area contributed by atoms with Crippen LogP contribution >= 0.6 is 0 Å². The van der Waals surface area contributed by atoms with E-state index in [-0.39, 0.29) is 0 Å². The number of para-hydroxylation sites is 1. The normalized spacial score (nSPS) is 12.7. The van der Waals surface area contributed by atoms with Crippen LogP contribution in [0.15, 0.2) is 40.7 Å². The molecule has 0 atom stereocenters. The Balaban J connectivity index is 2.10. The van der Waals surface area contributed by atoms with Crippen molar-refractivity contribution in [2.75, 3.05) is 0 Å². The second kappa shape index (κ2) is 3.86. The van der Waals surface area contributed by atoms with E-state index in [4.69, 9.17) is 0 Å². The van der Waals surface area contributed by atoms with Crippen LogP contribution in [0, 0.1) is 13.8 Å². The highest BCUT2D eigenvalue weighted by atomic mass is 15.5. The molecule has 97 valence electrons. The van der Waals surface area contributed by atoms with Gasteiger partial charge in [-0.3, -0.25) is 0 Å². The Kier molecular flexibility index (Phi) is 2.14. The van der Waals surface area contributed by atoms with E-state index >= 15 is 0 Å². The summed E-state index contributed by atoms with van der Waals surface area (Å²) in [7, 11) is 0. The minimum Gasteiger partial charge on any atom is -0.210 e. The number of rotatable bonds is 1. The highest BCUT2D eigenvalue weighted by molar-refractivity contribution is 5.82. The van der Waals surface area contributed by atoms with Crippen molar-refractivity contribution in [1.82, 2.24) is 20.4 Å². The van der Waals surface area contributed by atoms with Crippen LogP contribution in [-0.4, -0.2) is 15.0 Å². The van der Waals surface area contributed by atoms with Gasteiger partial charge in [-0.25, -0.2) is 4.68 Å². The number of hydrogen-bond donors (Lipinski definition) is 0. The van der Waals surface area contributed by atoms with Gasteiger partial charge in [0.15, 0.2) is 0 Å². The monoisotopic (exact) mass is 263 g/mol. The summed E-state index contributed by atoms with van der Waals surface area (Å²) in [6.07, 6.45) is 0. The first kappa shape index (κ1) is 11.1. The third-order valence-corrected chi connectivity index (χ3v) is 3.63. The lowest BCUT2D eigenvalue weighted by Crippen LogP contribution is -2.02. The number of fused-ring (bicyclic) bond motifs is 2. The Morgan fingerprint density at radius 1 is 1.10 bits per heavy atom. The molecule has 1 aromatic heterocycles. The van der Waals surface area contributed by atoms with Crippen molar-refractivity contribution in [1.29, 1.82) is 0 Å². The molecule has 0 fully saturated rings. The van der Waals surface area contributed by atoms with Crippen LogP contribution in [0.2, 0.25) is 0 Å².